The molecule has 0 saturated carbocycles. The largest absolute Gasteiger partial charge is 0.494 e. The predicted molar refractivity (Wildman–Crippen MR) is 67.5 cm³/mol. The van der Waals surface area contributed by atoms with Gasteiger partial charge in [0.25, 0.3) is 0 Å². The lowest BCUT2D eigenvalue weighted by molar-refractivity contribution is 0.0524. The van der Waals surface area contributed by atoms with Gasteiger partial charge in [-0.15, -0.1) is 0 Å². The molecule has 0 aliphatic rings. The average Bonchev–Trinajstić information content (AvgIpc) is 2.37. The van der Waals surface area contributed by atoms with Gasteiger partial charge in [-0.2, -0.15) is 5.26 Å². The summed E-state index contributed by atoms with van der Waals surface area (Å²) in [5.74, 6) is 0.283. The summed E-state index contributed by atoms with van der Waals surface area (Å²) in [5, 5.41) is 8.67. The lowest BCUT2D eigenvalue weighted by Gasteiger charge is -2.13. The van der Waals surface area contributed by atoms with Gasteiger partial charge < -0.3 is 9.47 Å². The molecule has 0 aliphatic heterocycles. The van der Waals surface area contributed by atoms with Crippen LogP contribution in [-0.4, -0.2) is 19.2 Å². The highest BCUT2D eigenvalue weighted by atomic mass is 16.5. The highest BCUT2D eigenvalue weighted by Gasteiger charge is 2.16. The van der Waals surface area contributed by atoms with Crippen molar-refractivity contribution in [1.29, 1.82) is 5.26 Å². The second-order valence-electron chi connectivity index (χ2n) is 3.59. The Labute approximate surface area is 107 Å². The molecule has 0 N–H and O–H groups in total. The number of ether oxygens (including phenoxy) is 2. The average molecular weight is 247 g/mol. The normalized spacial score (nSPS) is 9.61. The van der Waals surface area contributed by atoms with Gasteiger partial charge in [0.05, 0.1) is 24.8 Å². The molecule has 0 heterocycles. The van der Waals surface area contributed by atoms with E-state index in [-0.39, 0.29) is 5.97 Å². The molecule has 0 radical (unpaired) electrons. The van der Waals surface area contributed by atoms with Crippen LogP contribution in [0, 0.1) is 11.3 Å². The van der Waals surface area contributed by atoms with Crippen LogP contribution in [0.1, 0.15) is 36.2 Å². The Morgan fingerprint density at radius 2 is 2.11 bits per heavy atom. The van der Waals surface area contributed by atoms with Crippen molar-refractivity contribution in [2.45, 2.75) is 26.7 Å². The first-order valence-electron chi connectivity index (χ1n) is 6.03. The van der Waals surface area contributed by atoms with Crippen molar-refractivity contribution < 1.29 is 14.3 Å². The van der Waals surface area contributed by atoms with E-state index in [1.54, 1.807) is 25.1 Å². The number of esters is 1. The van der Waals surface area contributed by atoms with Gasteiger partial charge in [0.1, 0.15) is 5.75 Å². The molecule has 0 bridgehead atoms. The minimum atomic E-state index is -0.369. The summed E-state index contributed by atoms with van der Waals surface area (Å²) >= 11 is 0. The van der Waals surface area contributed by atoms with Crippen molar-refractivity contribution >= 4 is 5.97 Å². The van der Waals surface area contributed by atoms with Crippen LogP contribution >= 0.6 is 0 Å². The molecule has 0 fully saturated rings. The van der Waals surface area contributed by atoms with E-state index in [0.29, 0.717) is 37.4 Å². The Morgan fingerprint density at radius 3 is 2.72 bits per heavy atom. The van der Waals surface area contributed by atoms with Gasteiger partial charge in [-0.25, -0.2) is 4.79 Å². The van der Waals surface area contributed by atoms with E-state index in [9.17, 15) is 4.79 Å². The standard InChI is InChI=1S/C14H17NO3/c1-3-17-13-9-5-7-12(14(16)18-4-2)11(13)8-6-10-15/h5,7,9H,3-4,6,8H2,1-2H3. The Hall–Kier alpha value is -2.02. The summed E-state index contributed by atoms with van der Waals surface area (Å²) in [6, 6.07) is 7.34. The minimum absolute atomic E-state index is 0.329. The van der Waals surface area contributed by atoms with Crippen molar-refractivity contribution in [3.05, 3.63) is 29.3 Å². The molecule has 1 aromatic carbocycles. The van der Waals surface area contributed by atoms with Crippen LogP contribution in [0.25, 0.3) is 0 Å². The number of carbonyl (C=O) groups excluding carboxylic acids is 1. The first kappa shape index (κ1) is 14.0. The molecule has 0 atom stereocenters. The molecule has 0 unspecified atom stereocenters. The van der Waals surface area contributed by atoms with E-state index in [2.05, 4.69) is 6.07 Å². The van der Waals surface area contributed by atoms with Crippen LogP contribution in [0.15, 0.2) is 18.2 Å². The van der Waals surface area contributed by atoms with Gasteiger partial charge in [0, 0.05) is 12.0 Å². The first-order valence-corrected chi connectivity index (χ1v) is 6.03. The van der Waals surface area contributed by atoms with E-state index in [1.165, 1.54) is 0 Å². The van der Waals surface area contributed by atoms with Crippen molar-refractivity contribution in [1.82, 2.24) is 0 Å². The quantitative estimate of drug-likeness (QED) is 0.725. The van der Waals surface area contributed by atoms with Gasteiger partial charge in [-0.3, -0.25) is 0 Å². The number of nitriles is 1. The molecule has 0 saturated heterocycles. The fraction of sp³-hybridized carbons (Fsp3) is 0.429. The third-order valence-electron chi connectivity index (χ3n) is 2.42. The van der Waals surface area contributed by atoms with E-state index < -0.39 is 0 Å². The van der Waals surface area contributed by atoms with Crippen LogP contribution in [0.5, 0.6) is 5.75 Å². The zero-order valence-electron chi connectivity index (χ0n) is 10.7. The molecule has 4 nitrogen and oxygen atoms in total. The van der Waals surface area contributed by atoms with E-state index in [0.717, 1.165) is 5.56 Å². The molecule has 96 valence electrons. The highest BCUT2D eigenvalue weighted by molar-refractivity contribution is 5.91. The van der Waals surface area contributed by atoms with E-state index in [1.807, 2.05) is 6.92 Å². The number of benzene rings is 1. The minimum Gasteiger partial charge on any atom is -0.494 e. The third kappa shape index (κ3) is 3.49. The van der Waals surface area contributed by atoms with Crippen LogP contribution in [0.4, 0.5) is 0 Å². The number of hydrogen-bond acceptors (Lipinski definition) is 4. The van der Waals surface area contributed by atoms with Gasteiger partial charge in [0.15, 0.2) is 0 Å². The topological polar surface area (TPSA) is 59.3 Å². The van der Waals surface area contributed by atoms with E-state index >= 15 is 0 Å². The molecule has 1 rings (SSSR count). The first-order chi connectivity index (χ1) is 8.74. The van der Waals surface area contributed by atoms with Crippen LogP contribution in [0.3, 0.4) is 0 Å². The Bertz CT molecular complexity index is 449. The summed E-state index contributed by atoms with van der Waals surface area (Å²) in [7, 11) is 0. The molecule has 0 aliphatic carbocycles. The highest BCUT2D eigenvalue weighted by Crippen LogP contribution is 2.24. The second-order valence-corrected chi connectivity index (χ2v) is 3.59. The maximum atomic E-state index is 11.8. The van der Waals surface area contributed by atoms with Crippen LogP contribution in [0.2, 0.25) is 0 Å². The zero-order chi connectivity index (χ0) is 13.4. The van der Waals surface area contributed by atoms with Crippen LogP contribution in [-0.2, 0) is 11.2 Å². The van der Waals surface area contributed by atoms with Crippen molar-refractivity contribution in [3.8, 4) is 11.8 Å². The van der Waals surface area contributed by atoms with Gasteiger partial charge in [-0.1, -0.05) is 6.07 Å². The predicted octanol–water partition coefficient (Wildman–Crippen LogP) is 2.72. The Morgan fingerprint density at radius 1 is 1.33 bits per heavy atom. The SMILES string of the molecule is CCOC(=O)c1cccc(OCC)c1CCC#N. The molecule has 0 aromatic heterocycles. The van der Waals surface area contributed by atoms with Crippen molar-refractivity contribution in [2.24, 2.45) is 0 Å². The zero-order valence-corrected chi connectivity index (χ0v) is 10.7. The molecule has 4 heteroatoms. The second kappa shape index (κ2) is 7.33. The maximum absolute atomic E-state index is 11.8. The molecular weight excluding hydrogens is 230 g/mol. The summed E-state index contributed by atoms with van der Waals surface area (Å²) in [4.78, 5) is 11.8. The lowest BCUT2D eigenvalue weighted by atomic mass is 10.0. The summed E-state index contributed by atoms with van der Waals surface area (Å²) in [6.45, 7) is 4.49. The molecule has 1 aromatic rings. The summed E-state index contributed by atoms with van der Waals surface area (Å²) in [6.07, 6.45) is 0.831. The number of carbonyl (C=O) groups is 1. The number of hydrogen-bond donors (Lipinski definition) is 0. The summed E-state index contributed by atoms with van der Waals surface area (Å²) in [5.41, 5.74) is 1.23. The molecule has 0 spiro atoms. The molecule has 0 amide bonds. The number of rotatable bonds is 6. The maximum Gasteiger partial charge on any atom is 0.338 e. The van der Waals surface area contributed by atoms with Gasteiger partial charge in [-0.05, 0) is 32.4 Å². The fourth-order valence-corrected chi connectivity index (χ4v) is 1.70. The van der Waals surface area contributed by atoms with Gasteiger partial charge in [0.2, 0.25) is 0 Å². The fourth-order valence-electron chi connectivity index (χ4n) is 1.70. The monoisotopic (exact) mass is 247 g/mol. The smallest absolute Gasteiger partial charge is 0.338 e. The van der Waals surface area contributed by atoms with Gasteiger partial charge >= 0.3 is 5.97 Å². The van der Waals surface area contributed by atoms with Crippen molar-refractivity contribution in [3.63, 3.8) is 0 Å². The molecular formula is C14H17NO3. The summed E-state index contributed by atoms with van der Waals surface area (Å²) < 4.78 is 10.5. The van der Waals surface area contributed by atoms with E-state index in [4.69, 9.17) is 14.7 Å². The Kier molecular flexibility index (Phi) is 5.72. The van der Waals surface area contributed by atoms with Crippen molar-refractivity contribution in [2.75, 3.05) is 13.2 Å². The third-order valence-corrected chi connectivity index (χ3v) is 2.42. The van der Waals surface area contributed by atoms with Crippen LogP contribution < -0.4 is 4.74 Å². The Balaban J connectivity index is 3.10. The molecule has 18 heavy (non-hydrogen) atoms. The lowest BCUT2D eigenvalue weighted by Crippen LogP contribution is -2.10. The number of nitrogens with zero attached hydrogens (tertiary/aromatic N) is 1.